The summed E-state index contributed by atoms with van der Waals surface area (Å²) in [7, 11) is 2.75. The van der Waals surface area contributed by atoms with Crippen LogP contribution in [0.2, 0.25) is 0 Å². The number of nitrogens with one attached hydrogen (secondary N) is 1. The third-order valence-electron chi connectivity index (χ3n) is 4.26. The maximum atomic E-state index is 12.9. The van der Waals surface area contributed by atoms with Crippen molar-refractivity contribution in [1.82, 2.24) is 5.32 Å². The van der Waals surface area contributed by atoms with Gasteiger partial charge in [0.25, 0.3) is 5.91 Å². The van der Waals surface area contributed by atoms with E-state index < -0.39 is 23.9 Å². The highest BCUT2D eigenvalue weighted by molar-refractivity contribution is 5.88. The first-order valence-corrected chi connectivity index (χ1v) is 8.82. The predicted molar refractivity (Wildman–Crippen MR) is 107 cm³/mol. The van der Waals surface area contributed by atoms with Crippen molar-refractivity contribution in [2.24, 2.45) is 0 Å². The Balaban J connectivity index is 1.82. The molecule has 0 spiro atoms. The first-order valence-electron chi connectivity index (χ1n) is 8.82. The number of fused-ring (bicyclic) bond motifs is 1. The van der Waals surface area contributed by atoms with Crippen molar-refractivity contribution in [3.8, 4) is 28.4 Å². The lowest BCUT2D eigenvalue weighted by molar-refractivity contribution is -0.141. The fourth-order valence-electron chi connectivity index (χ4n) is 2.70. The lowest BCUT2D eigenvalue weighted by Gasteiger charge is -2.09. The summed E-state index contributed by atoms with van der Waals surface area (Å²) >= 11 is 0. The fraction of sp³-hybridized carbons (Fsp3) is 0.190. The molecule has 0 radical (unpaired) electrons. The maximum Gasteiger partial charge on any atom is 0.325 e. The molecule has 0 saturated carbocycles. The molecular weight excluding hydrogens is 394 g/mol. The Hall–Kier alpha value is -4.01. The Morgan fingerprint density at radius 2 is 1.83 bits per heavy atom. The van der Waals surface area contributed by atoms with Crippen LogP contribution in [0.4, 0.5) is 0 Å². The normalized spacial score (nSPS) is 10.5. The lowest BCUT2D eigenvalue weighted by atomic mass is 10.0. The second-order valence-electron chi connectivity index (χ2n) is 6.16. The molecule has 1 aromatic heterocycles. The van der Waals surface area contributed by atoms with Gasteiger partial charge in [-0.15, -0.1) is 0 Å². The second kappa shape index (κ2) is 8.99. The van der Waals surface area contributed by atoms with Gasteiger partial charge in [-0.1, -0.05) is 12.1 Å². The molecule has 3 aromatic rings. The number of phenols is 1. The molecular formula is C21H19NO8. The molecule has 0 bridgehead atoms. The number of benzene rings is 2. The van der Waals surface area contributed by atoms with Crippen molar-refractivity contribution in [2.75, 3.05) is 27.4 Å². The topological polar surface area (TPSA) is 124 Å². The number of phenolic OH excluding ortho intramolecular Hbond substituents is 1. The van der Waals surface area contributed by atoms with Crippen LogP contribution in [0, 0.1) is 0 Å². The minimum Gasteiger partial charge on any atom is -0.507 e. The van der Waals surface area contributed by atoms with Gasteiger partial charge in [-0.2, -0.15) is 0 Å². The minimum atomic E-state index is -0.596. The molecule has 156 valence electrons. The molecule has 0 saturated heterocycles. The van der Waals surface area contributed by atoms with E-state index in [-0.39, 0.29) is 34.6 Å². The summed E-state index contributed by atoms with van der Waals surface area (Å²) in [5, 5.41) is 12.6. The van der Waals surface area contributed by atoms with Gasteiger partial charge in [-0.3, -0.25) is 14.4 Å². The molecule has 30 heavy (non-hydrogen) atoms. The molecule has 0 unspecified atom stereocenters. The van der Waals surface area contributed by atoms with E-state index in [1.807, 2.05) is 0 Å². The van der Waals surface area contributed by atoms with Gasteiger partial charge >= 0.3 is 5.97 Å². The number of ether oxygens (including phenoxy) is 3. The third kappa shape index (κ3) is 4.52. The highest BCUT2D eigenvalue weighted by atomic mass is 16.5. The molecule has 0 aliphatic carbocycles. The van der Waals surface area contributed by atoms with Crippen LogP contribution in [0.25, 0.3) is 22.1 Å². The van der Waals surface area contributed by atoms with Crippen molar-refractivity contribution in [2.45, 2.75) is 0 Å². The van der Waals surface area contributed by atoms with E-state index in [0.29, 0.717) is 11.3 Å². The molecule has 1 amide bonds. The van der Waals surface area contributed by atoms with Crippen molar-refractivity contribution in [1.29, 1.82) is 0 Å². The summed E-state index contributed by atoms with van der Waals surface area (Å²) in [4.78, 5) is 35.6. The molecule has 0 aliphatic heterocycles. The molecule has 1 heterocycles. The van der Waals surface area contributed by atoms with Crippen LogP contribution in [-0.2, 0) is 14.3 Å². The van der Waals surface area contributed by atoms with Crippen molar-refractivity contribution in [3.05, 3.63) is 52.9 Å². The Morgan fingerprint density at radius 3 is 2.50 bits per heavy atom. The molecule has 2 aromatic carbocycles. The van der Waals surface area contributed by atoms with E-state index in [9.17, 15) is 19.5 Å². The number of hydrogen-bond donors (Lipinski definition) is 2. The number of hydrogen-bond acceptors (Lipinski definition) is 8. The first kappa shape index (κ1) is 20.7. The van der Waals surface area contributed by atoms with E-state index in [4.69, 9.17) is 13.9 Å². The Labute approximate surface area is 170 Å². The zero-order valence-electron chi connectivity index (χ0n) is 16.3. The van der Waals surface area contributed by atoms with Gasteiger partial charge in [-0.25, -0.2) is 0 Å². The zero-order valence-corrected chi connectivity index (χ0v) is 16.3. The highest BCUT2D eigenvalue weighted by Gasteiger charge is 2.15. The van der Waals surface area contributed by atoms with Gasteiger partial charge in [0.15, 0.2) is 6.61 Å². The van der Waals surface area contributed by atoms with Crippen LogP contribution in [0.1, 0.15) is 0 Å². The number of carbonyl (C=O) groups is 2. The van der Waals surface area contributed by atoms with Crippen LogP contribution in [0.3, 0.4) is 0 Å². The number of esters is 1. The molecule has 0 fully saturated rings. The lowest BCUT2D eigenvalue weighted by Crippen LogP contribution is -2.33. The molecule has 9 nitrogen and oxygen atoms in total. The summed E-state index contributed by atoms with van der Waals surface area (Å²) in [6.07, 6.45) is 1.29. The Kier molecular flexibility index (Phi) is 6.21. The van der Waals surface area contributed by atoms with Crippen LogP contribution < -0.4 is 20.2 Å². The summed E-state index contributed by atoms with van der Waals surface area (Å²) < 4.78 is 20.3. The second-order valence-corrected chi connectivity index (χ2v) is 6.16. The summed E-state index contributed by atoms with van der Waals surface area (Å²) in [5.74, 6) is -0.739. The summed E-state index contributed by atoms with van der Waals surface area (Å²) in [5.41, 5.74) is 0.563. The zero-order chi connectivity index (χ0) is 21.7. The van der Waals surface area contributed by atoms with Crippen molar-refractivity contribution < 1.29 is 33.3 Å². The van der Waals surface area contributed by atoms with Gasteiger partial charge in [0.05, 0.1) is 19.8 Å². The van der Waals surface area contributed by atoms with Crippen LogP contribution in [-0.4, -0.2) is 44.4 Å². The van der Waals surface area contributed by atoms with Gasteiger partial charge < -0.3 is 29.1 Å². The number of methoxy groups -OCH3 is 2. The maximum absolute atomic E-state index is 12.9. The average Bonchev–Trinajstić information content (AvgIpc) is 2.76. The first-order chi connectivity index (χ1) is 14.4. The van der Waals surface area contributed by atoms with Crippen LogP contribution >= 0.6 is 0 Å². The largest absolute Gasteiger partial charge is 0.507 e. The SMILES string of the molecule is COC(=O)CNC(=O)COc1cc(O)c2c(=O)c(-c3ccc(OC)cc3)coc2c1. The summed E-state index contributed by atoms with van der Waals surface area (Å²) in [6, 6.07) is 9.44. The molecule has 0 atom stereocenters. The van der Waals surface area contributed by atoms with E-state index in [2.05, 4.69) is 10.1 Å². The van der Waals surface area contributed by atoms with Crippen molar-refractivity contribution in [3.63, 3.8) is 0 Å². The van der Waals surface area contributed by atoms with Gasteiger partial charge in [0, 0.05) is 12.1 Å². The van der Waals surface area contributed by atoms with Gasteiger partial charge in [-0.05, 0) is 17.7 Å². The average molecular weight is 413 g/mol. The van der Waals surface area contributed by atoms with Gasteiger partial charge in [0.2, 0.25) is 5.43 Å². The predicted octanol–water partition coefficient (Wildman–Crippen LogP) is 1.84. The molecule has 3 rings (SSSR count). The number of carbonyl (C=O) groups excluding carboxylic acids is 2. The fourth-order valence-corrected chi connectivity index (χ4v) is 2.70. The standard InChI is InChI=1S/C21H19NO8/c1-27-13-5-3-12(4-6-13)15-10-30-17-8-14(7-16(23)20(17)21(15)26)29-11-18(24)22-9-19(25)28-2/h3-8,10,23H,9,11H2,1-2H3,(H,22,24). The smallest absolute Gasteiger partial charge is 0.325 e. The third-order valence-corrected chi connectivity index (χ3v) is 4.26. The van der Waals surface area contributed by atoms with Crippen molar-refractivity contribution >= 4 is 22.8 Å². The molecule has 0 aliphatic rings. The minimum absolute atomic E-state index is 0.00851. The van der Waals surface area contributed by atoms with E-state index in [1.54, 1.807) is 31.4 Å². The monoisotopic (exact) mass is 413 g/mol. The molecule has 2 N–H and O–H groups in total. The number of aromatic hydroxyl groups is 1. The van der Waals surface area contributed by atoms with E-state index >= 15 is 0 Å². The highest BCUT2D eigenvalue weighted by Crippen LogP contribution is 2.30. The Bertz CT molecular complexity index is 1130. The van der Waals surface area contributed by atoms with E-state index in [1.165, 1.54) is 25.5 Å². The Morgan fingerprint density at radius 1 is 1.10 bits per heavy atom. The summed E-state index contributed by atoms with van der Waals surface area (Å²) in [6.45, 7) is -0.694. The number of rotatable bonds is 7. The number of amides is 1. The van der Waals surface area contributed by atoms with Crippen LogP contribution in [0.5, 0.6) is 17.2 Å². The van der Waals surface area contributed by atoms with Gasteiger partial charge in [0.1, 0.15) is 41.0 Å². The quantitative estimate of drug-likeness (QED) is 0.562. The van der Waals surface area contributed by atoms with E-state index in [0.717, 1.165) is 0 Å². The molecule has 9 heteroatoms. The van der Waals surface area contributed by atoms with Crippen LogP contribution in [0.15, 0.2) is 51.9 Å².